The minimum atomic E-state index is -4.17. The van der Waals surface area contributed by atoms with Crippen molar-refractivity contribution in [3.63, 3.8) is 0 Å². The molecule has 8 nitrogen and oxygen atoms in total. The number of benzene rings is 3. The molecule has 3 aromatic carbocycles. The number of nitrogens with zero attached hydrogens (tertiary/aromatic N) is 2. The van der Waals surface area contributed by atoms with Crippen molar-refractivity contribution in [3.8, 4) is 0 Å². The molecule has 1 aliphatic heterocycles. The van der Waals surface area contributed by atoms with E-state index in [1.807, 2.05) is 24.3 Å². The van der Waals surface area contributed by atoms with Gasteiger partial charge in [0.15, 0.2) is 5.03 Å². The number of aromatic nitrogens is 1. The van der Waals surface area contributed by atoms with Crippen LogP contribution in [-0.2, 0) is 31.2 Å². The van der Waals surface area contributed by atoms with Crippen LogP contribution in [0.2, 0.25) is 0 Å². The molecule has 0 spiro atoms. The van der Waals surface area contributed by atoms with Gasteiger partial charge in [-0.15, -0.1) is 0 Å². The van der Waals surface area contributed by atoms with Gasteiger partial charge in [0.1, 0.15) is 0 Å². The van der Waals surface area contributed by atoms with E-state index in [2.05, 4.69) is 9.62 Å². The number of anilines is 1. The lowest BCUT2D eigenvalue weighted by atomic mass is 10.1. The molecule has 1 aliphatic rings. The standard InChI is InChI=1S/C27H29N3O5S2/c1-21-25-9-5-6-10-26(25)30(37(33,34)24-7-3-2-4-8-24)27(21)36(31,32)28-16-15-22-11-13-23(14-12-22)29-17-19-35-20-18-29/h2-14,28H,15-20H2,1H3. The van der Waals surface area contributed by atoms with Crippen LogP contribution in [0.15, 0.2) is 88.8 Å². The van der Waals surface area contributed by atoms with Crippen molar-refractivity contribution < 1.29 is 21.6 Å². The van der Waals surface area contributed by atoms with E-state index in [0.29, 0.717) is 36.1 Å². The van der Waals surface area contributed by atoms with Crippen molar-refractivity contribution in [1.82, 2.24) is 8.69 Å². The van der Waals surface area contributed by atoms with Crippen molar-refractivity contribution in [2.75, 3.05) is 37.7 Å². The third kappa shape index (κ3) is 5.02. The number of nitrogens with one attached hydrogen (secondary N) is 1. The largest absolute Gasteiger partial charge is 0.378 e. The van der Waals surface area contributed by atoms with Crippen LogP contribution in [0.4, 0.5) is 5.69 Å². The first-order chi connectivity index (χ1) is 17.8. The Morgan fingerprint density at radius 3 is 2.19 bits per heavy atom. The monoisotopic (exact) mass is 539 g/mol. The molecule has 37 heavy (non-hydrogen) atoms. The van der Waals surface area contributed by atoms with Gasteiger partial charge in [0.2, 0.25) is 0 Å². The van der Waals surface area contributed by atoms with Crippen LogP contribution in [0, 0.1) is 6.92 Å². The molecule has 2 heterocycles. The van der Waals surface area contributed by atoms with E-state index < -0.39 is 20.0 Å². The number of fused-ring (bicyclic) bond motifs is 1. The summed E-state index contributed by atoms with van der Waals surface area (Å²) in [5.74, 6) is 0. The van der Waals surface area contributed by atoms with Crippen molar-refractivity contribution in [2.24, 2.45) is 0 Å². The predicted octanol–water partition coefficient (Wildman–Crippen LogP) is 3.54. The number of hydrogen-bond acceptors (Lipinski definition) is 6. The Hall–Kier alpha value is -3.18. The summed E-state index contributed by atoms with van der Waals surface area (Å²) in [6, 6.07) is 22.7. The summed E-state index contributed by atoms with van der Waals surface area (Å²) in [5.41, 5.74) is 2.80. The predicted molar refractivity (Wildman–Crippen MR) is 144 cm³/mol. The van der Waals surface area contributed by atoms with Crippen molar-refractivity contribution in [1.29, 1.82) is 0 Å². The van der Waals surface area contributed by atoms with Gasteiger partial charge in [-0.25, -0.2) is 25.5 Å². The molecular weight excluding hydrogens is 510 g/mol. The summed E-state index contributed by atoms with van der Waals surface area (Å²) in [6.07, 6.45) is 0.466. The zero-order chi connectivity index (χ0) is 26.0. The molecule has 0 radical (unpaired) electrons. The molecule has 10 heteroatoms. The molecule has 1 fully saturated rings. The smallest absolute Gasteiger partial charge is 0.269 e. The Morgan fingerprint density at radius 2 is 1.49 bits per heavy atom. The third-order valence-electron chi connectivity index (χ3n) is 6.59. The minimum absolute atomic E-state index is 0.0209. The Labute approximate surface area is 217 Å². The van der Waals surface area contributed by atoms with E-state index in [-0.39, 0.29) is 16.5 Å². The third-order valence-corrected chi connectivity index (χ3v) is 10.0. The maximum atomic E-state index is 13.6. The highest BCUT2D eigenvalue weighted by Gasteiger charge is 2.32. The second-order valence-electron chi connectivity index (χ2n) is 8.94. The number of para-hydroxylation sites is 1. The first-order valence-electron chi connectivity index (χ1n) is 12.1. The molecule has 0 atom stereocenters. The normalized spacial score (nSPS) is 14.8. The van der Waals surface area contributed by atoms with Crippen LogP contribution in [0.5, 0.6) is 0 Å². The average molecular weight is 540 g/mol. The number of sulfonamides is 1. The fraction of sp³-hybridized carbons (Fsp3) is 0.259. The molecule has 5 rings (SSSR count). The maximum Gasteiger partial charge on any atom is 0.269 e. The van der Waals surface area contributed by atoms with E-state index in [1.54, 1.807) is 49.4 Å². The zero-order valence-electron chi connectivity index (χ0n) is 20.5. The van der Waals surface area contributed by atoms with Gasteiger partial charge in [-0.1, -0.05) is 48.5 Å². The van der Waals surface area contributed by atoms with E-state index in [9.17, 15) is 16.8 Å². The van der Waals surface area contributed by atoms with Crippen LogP contribution in [0.1, 0.15) is 11.1 Å². The highest BCUT2D eigenvalue weighted by Crippen LogP contribution is 2.32. The van der Waals surface area contributed by atoms with Crippen LogP contribution in [0.25, 0.3) is 10.9 Å². The summed E-state index contributed by atoms with van der Waals surface area (Å²) in [5, 5.41) is 0.307. The summed E-state index contributed by atoms with van der Waals surface area (Å²) in [7, 11) is -8.33. The van der Waals surface area contributed by atoms with Crippen LogP contribution < -0.4 is 9.62 Å². The molecule has 0 amide bonds. The molecule has 0 saturated carbocycles. The molecule has 1 N–H and O–H groups in total. The molecule has 194 valence electrons. The van der Waals surface area contributed by atoms with Gasteiger partial charge in [0, 0.05) is 30.7 Å². The molecule has 0 unspecified atom stereocenters. The molecule has 1 saturated heterocycles. The van der Waals surface area contributed by atoms with E-state index in [4.69, 9.17) is 4.74 Å². The van der Waals surface area contributed by atoms with Gasteiger partial charge in [0.25, 0.3) is 20.0 Å². The van der Waals surface area contributed by atoms with Crippen molar-refractivity contribution in [3.05, 3.63) is 90.0 Å². The van der Waals surface area contributed by atoms with Crippen LogP contribution in [-0.4, -0.2) is 53.7 Å². The second-order valence-corrected chi connectivity index (χ2v) is 12.4. The van der Waals surface area contributed by atoms with Crippen molar-refractivity contribution in [2.45, 2.75) is 23.3 Å². The molecule has 4 aromatic rings. The molecular formula is C27H29N3O5S2. The topological polar surface area (TPSA) is 97.7 Å². The Balaban J connectivity index is 1.42. The molecule has 1 aromatic heterocycles. The summed E-state index contributed by atoms with van der Waals surface area (Å²) < 4.78 is 63.4. The molecule has 0 aliphatic carbocycles. The molecule has 0 bridgehead atoms. The highest BCUT2D eigenvalue weighted by atomic mass is 32.2. The first-order valence-corrected chi connectivity index (χ1v) is 15.0. The van der Waals surface area contributed by atoms with Gasteiger partial charge in [-0.3, -0.25) is 0 Å². The van der Waals surface area contributed by atoms with Crippen molar-refractivity contribution >= 4 is 36.6 Å². The quantitative estimate of drug-likeness (QED) is 0.368. The second kappa shape index (κ2) is 10.3. The van der Waals surface area contributed by atoms with Crippen LogP contribution >= 0.6 is 0 Å². The van der Waals surface area contributed by atoms with Crippen LogP contribution in [0.3, 0.4) is 0 Å². The Bertz CT molecular complexity index is 1610. The summed E-state index contributed by atoms with van der Waals surface area (Å²) >= 11 is 0. The fourth-order valence-electron chi connectivity index (χ4n) is 4.69. The lowest BCUT2D eigenvalue weighted by Crippen LogP contribution is -2.36. The van der Waals surface area contributed by atoms with Gasteiger partial charge < -0.3 is 9.64 Å². The Kier molecular flexibility index (Phi) is 7.09. The first kappa shape index (κ1) is 25.5. The lowest BCUT2D eigenvalue weighted by molar-refractivity contribution is 0.122. The van der Waals surface area contributed by atoms with Gasteiger partial charge in [0.05, 0.1) is 23.6 Å². The Morgan fingerprint density at radius 1 is 0.838 bits per heavy atom. The van der Waals surface area contributed by atoms with E-state index in [0.717, 1.165) is 28.3 Å². The van der Waals surface area contributed by atoms with Gasteiger partial charge in [-0.05, 0) is 54.8 Å². The summed E-state index contributed by atoms with van der Waals surface area (Å²) in [6.45, 7) is 4.87. The number of hydrogen-bond donors (Lipinski definition) is 1. The van der Waals surface area contributed by atoms with Gasteiger partial charge >= 0.3 is 0 Å². The summed E-state index contributed by atoms with van der Waals surface area (Å²) in [4.78, 5) is 2.28. The number of morpholine rings is 1. The number of aryl methyl sites for hydroxylation is 1. The highest BCUT2D eigenvalue weighted by molar-refractivity contribution is 7.92. The SMILES string of the molecule is Cc1c(S(=O)(=O)NCCc2ccc(N3CCOCC3)cc2)n(S(=O)(=O)c2ccccc2)c2ccccc12. The fourth-order valence-corrected chi connectivity index (χ4v) is 8.10. The minimum Gasteiger partial charge on any atom is -0.378 e. The van der Waals surface area contributed by atoms with Gasteiger partial charge in [-0.2, -0.15) is 0 Å². The van der Waals surface area contributed by atoms with E-state index >= 15 is 0 Å². The lowest BCUT2D eigenvalue weighted by Gasteiger charge is -2.28. The maximum absolute atomic E-state index is 13.6. The average Bonchev–Trinajstić information content (AvgIpc) is 3.24. The zero-order valence-corrected chi connectivity index (χ0v) is 22.1. The number of ether oxygens (including phenoxy) is 1. The van der Waals surface area contributed by atoms with E-state index in [1.165, 1.54) is 12.1 Å². The number of rotatable bonds is 8.